The highest BCUT2D eigenvalue weighted by Crippen LogP contribution is 2.34. The molecular weight excluding hydrogens is 249 g/mol. The van der Waals surface area contributed by atoms with Gasteiger partial charge in [-0.05, 0) is 29.6 Å². The zero-order chi connectivity index (χ0) is 13.3. The van der Waals surface area contributed by atoms with Crippen LogP contribution in [0.2, 0.25) is 0 Å². The average Bonchev–Trinajstić information content (AvgIpc) is 2.70. The number of fused-ring (bicyclic) bond motifs is 1. The molecule has 0 saturated heterocycles. The van der Waals surface area contributed by atoms with Gasteiger partial charge in [-0.25, -0.2) is 0 Å². The maximum Gasteiger partial charge on any atom is 0.471 e. The van der Waals surface area contributed by atoms with Crippen LogP contribution in [0.4, 0.5) is 24.5 Å². The van der Waals surface area contributed by atoms with Gasteiger partial charge in [-0.3, -0.25) is 4.79 Å². The first-order valence-corrected chi connectivity index (χ1v) is 5.00. The van der Waals surface area contributed by atoms with Gasteiger partial charge in [0.2, 0.25) is 0 Å². The summed E-state index contributed by atoms with van der Waals surface area (Å²) in [5, 5.41) is 3.36. The van der Waals surface area contributed by atoms with Crippen LogP contribution >= 0.6 is 0 Å². The summed E-state index contributed by atoms with van der Waals surface area (Å²) in [7, 11) is 0. The largest absolute Gasteiger partial charge is 0.471 e. The number of carbonyl (C=O) groups is 1. The Labute approximate surface area is 99.4 Å². The van der Waals surface area contributed by atoms with Crippen molar-refractivity contribution in [2.45, 2.75) is 12.6 Å². The Morgan fingerprint density at radius 2 is 2.17 bits per heavy atom. The van der Waals surface area contributed by atoms with Gasteiger partial charge < -0.3 is 4.90 Å². The van der Waals surface area contributed by atoms with Gasteiger partial charge in [0.05, 0.1) is 0 Å². The number of anilines is 1. The van der Waals surface area contributed by atoms with E-state index in [1.54, 1.807) is 0 Å². The Bertz CT molecular complexity index is 549. The Balaban J connectivity index is 2.35. The van der Waals surface area contributed by atoms with E-state index in [0.717, 1.165) is 0 Å². The minimum atomic E-state index is -4.88. The highest BCUT2D eigenvalue weighted by molar-refractivity contribution is 5.99. The van der Waals surface area contributed by atoms with Crippen molar-refractivity contribution in [2.75, 3.05) is 11.4 Å². The molecule has 5 nitrogen and oxygen atoms in total. The van der Waals surface area contributed by atoms with Crippen LogP contribution in [0.5, 0.6) is 0 Å². The van der Waals surface area contributed by atoms with Gasteiger partial charge in [-0.15, -0.1) is 0 Å². The molecule has 1 heterocycles. The molecule has 0 saturated carbocycles. The number of hydrogen-bond acceptors (Lipinski definition) is 2. The number of azide groups is 1. The van der Waals surface area contributed by atoms with Gasteiger partial charge in [0.15, 0.2) is 0 Å². The van der Waals surface area contributed by atoms with Crippen LogP contribution in [0.3, 0.4) is 0 Å². The highest BCUT2D eigenvalue weighted by Gasteiger charge is 2.44. The Morgan fingerprint density at radius 3 is 2.78 bits per heavy atom. The molecule has 0 unspecified atom stereocenters. The first-order chi connectivity index (χ1) is 8.43. The summed E-state index contributed by atoms with van der Waals surface area (Å²) in [6.07, 6.45) is -4.57. The lowest BCUT2D eigenvalue weighted by atomic mass is 10.1. The molecule has 0 spiro atoms. The lowest BCUT2D eigenvalue weighted by Crippen LogP contribution is -2.40. The van der Waals surface area contributed by atoms with Gasteiger partial charge in [0, 0.05) is 22.8 Å². The van der Waals surface area contributed by atoms with Crippen LogP contribution in [0.1, 0.15) is 5.56 Å². The Morgan fingerprint density at radius 1 is 1.44 bits per heavy atom. The topological polar surface area (TPSA) is 69.1 Å². The molecule has 0 bridgehead atoms. The minimum Gasteiger partial charge on any atom is -0.304 e. The fourth-order valence-corrected chi connectivity index (χ4v) is 1.87. The third kappa shape index (κ3) is 2.10. The number of hydrogen-bond donors (Lipinski definition) is 0. The molecule has 1 aromatic rings. The van der Waals surface area contributed by atoms with E-state index in [2.05, 4.69) is 10.0 Å². The number of halogens is 3. The molecule has 1 aliphatic rings. The molecule has 1 aromatic carbocycles. The van der Waals surface area contributed by atoms with Gasteiger partial charge in [-0.2, -0.15) is 13.2 Å². The summed E-state index contributed by atoms with van der Waals surface area (Å²) in [4.78, 5) is 14.4. The van der Waals surface area contributed by atoms with Gasteiger partial charge in [0.1, 0.15) is 0 Å². The summed E-state index contributed by atoms with van der Waals surface area (Å²) in [6.45, 7) is -0.0204. The van der Waals surface area contributed by atoms with Crippen molar-refractivity contribution < 1.29 is 18.0 Å². The van der Waals surface area contributed by atoms with E-state index in [9.17, 15) is 18.0 Å². The van der Waals surface area contributed by atoms with Gasteiger partial charge >= 0.3 is 12.1 Å². The van der Waals surface area contributed by atoms with Crippen molar-refractivity contribution in [2.24, 2.45) is 5.11 Å². The molecule has 0 aliphatic carbocycles. The SMILES string of the molecule is [N-]=[N+]=Nc1ccc2c(c1)CCN2C(=O)C(F)(F)F. The van der Waals surface area contributed by atoms with E-state index in [1.807, 2.05) is 0 Å². The summed E-state index contributed by atoms with van der Waals surface area (Å²) in [6, 6.07) is 4.22. The summed E-state index contributed by atoms with van der Waals surface area (Å²) < 4.78 is 37.0. The van der Waals surface area contributed by atoms with Crippen LogP contribution in [-0.4, -0.2) is 18.6 Å². The first kappa shape index (κ1) is 12.3. The average molecular weight is 256 g/mol. The normalized spacial score (nSPS) is 14.1. The van der Waals surface area contributed by atoms with Crippen molar-refractivity contribution in [3.63, 3.8) is 0 Å². The number of amides is 1. The van der Waals surface area contributed by atoms with E-state index in [0.29, 0.717) is 22.6 Å². The van der Waals surface area contributed by atoms with Crippen molar-refractivity contribution in [3.8, 4) is 0 Å². The Hall–Kier alpha value is -2.21. The minimum absolute atomic E-state index is 0.0204. The molecule has 1 amide bonds. The second-order valence-electron chi connectivity index (χ2n) is 3.71. The maximum absolute atomic E-state index is 12.3. The van der Waals surface area contributed by atoms with Crippen molar-refractivity contribution in [1.29, 1.82) is 0 Å². The summed E-state index contributed by atoms with van der Waals surface area (Å²) in [5.41, 5.74) is 9.36. The molecule has 8 heteroatoms. The standard InChI is InChI=1S/C10H7F3N4O/c11-10(12,13)9(18)17-4-3-6-5-7(15-16-14)1-2-8(6)17/h1-2,5H,3-4H2. The van der Waals surface area contributed by atoms with Crippen LogP contribution in [0, 0.1) is 0 Å². The molecule has 94 valence electrons. The van der Waals surface area contributed by atoms with Gasteiger partial charge in [-0.1, -0.05) is 11.2 Å². The van der Waals surface area contributed by atoms with Crippen LogP contribution < -0.4 is 4.90 Å². The zero-order valence-corrected chi connectivity index (χ0v) is 8.98. The summed E-state index contributed by atoms with van der Waals surface area (Å²) >= 11 is 0. The quantitative estimate of drug-likeness (QED) is 0.432. The van der Waals surface area contributed by atoms with E-state index in [-0.39, 0.29) is 12.2 Å². The lowest BCUT2D eigenvalue weighted by molar-refractivity contribution is -0.170. The molecule has 0 radical (unpaired) electrons. The second kappa shape index (κ2) is 4.23. The first-order valence-electron chi connectivity index (χ1n) is 5.00. The third-order valence-corrected chi connectivity index (χ3v) is 2.61. The fourth-order valence-electron chi connectivity index (χ4n) is 1.87. The number of rotatable bonds is 1. The number of alkyl halides is 3. The predicted octanol–water partition coefficient (Wildman–Crippen LogP) is 3.08. The highest BCUT2D eigenvalue weighted by atomic mass is 19.4. The van der Waals surface area contributed by atoms with Gasteiger partial charge in [0.25, 0.3) is 0 Å². The van der Waals surface area contributed by atoms with Crippen molar-refractivity contribution in [1.82, 2.24) is 0 Å². The third-order valence-electron chi connectivity index (χ3n) is 2.61. The molecule has 2 rings (SSSR count). The molecule has 0 N–H and O–H groups in total. The van der Waals surface area contributed by atoms with Crippen LogP contribution in [0.25, 0.3) is 10.4 Å². The smallest absolute Gasteiger partial charge is 0.304 e. The van der Waals surface area contributed by atoms with E-state index in [1.165, 1.54) is 18.2 Å². The second-order valence-corrected chi connectivity index (χ2v) is 3.71. The van der Waals surface area contributed by atoms with E-state index in [4.69, 9.17) is 5.53 Å². The van der Waals surface area contributed by atoms with E-state index >= 15 is 0 Å². The molecule has 1 aliphatic heterocycles. The lowest BCUT2D eigenvalue weighted by Gasteiger charge is -2.18. The molecule has 18 heavy (non-hydrogen) atoms. The number of carbonyl (C=O) groups excluding carboxylic acids is 1. The monoisotopic (exact) mass is 256 g/mol. The predicted molar refractivity (Wildman–Crippen MR) is 57.4 cm³/mol. The Kier molecular flexibility index (Phi) is 2.88. The fraction of sp³-hybridized carbons (Fsp3) is 0.300. The van der Waals surface area contributed by atoms with E-state index < -0.39 is 12.1 Å². The van der Waals surface area contributed by atoms with Crippen molar-refractivity contribution in [3.05, 3.63) is 34.2 Å². The molecule has 0 atom stereocenters. The molecule has 0 fully saturated rings. The van der Waals surface area contributed by atoms with Crippen LogP contribution in [0.15, 0.2) is 23.3 Å². The number of nitrogens with zero attached hydrogens (tertiary/aromatic N) is 4. The molecule has 0 aromatic heterocycles. The molecular formula is C10H7F3N4O. The zero-order valence-electron chi connectivity index (χ0n) is 8.98. The number of benzene rings is 1. The van der Waals surface area contributed by atoms with Crippen LogP contribution in [-0.2, 0) is 11.2 Å². The summed E-state index contributed by atoms with van der Waals surface area (Å²) in [5.74, 6) is -1.88. The van der Waals surface area contributed by atoms with Crippen molar-refractivity contribution >= 4 is 17.3 Å². The maximum atomic E-state index is 12.3.